The van der Waals surface area contributed by atoms with Crippen molar-refractivity contribution in [3.8, 4) is 0 Å². The first-order chi connectivity index (χ1) is 10.3. The second-order valence-electron chi connectivity index (χ2n) is 5.07. The number of Topliss-reactive ketones (excluding diaryl/α,β-unsaturated/α-hetero) is 2. The predicted octanol–water partition coefficient (Wildman–Crippen LogP) is 2.86. The number of carbonyl (C=O) groups is 3. The van der Waals surface area contributed by atoms with Gasteiger partial charge < -0.3 is 14.1 Å². The van der Waals surface area contributed by atoms with E-state index in [4.69, 9.17) is 9.15 Å². The number of aryl methyl sites for hydroxylation is 1. The smallest absolute Gasteiger partial charge is 0.374 e. The monoisotopic (exact) mass is 303 g/mol. The number of ether oxygens (including phenoxy) is 1. The van der Waals surface area contributed by atoms with Crippen LogP contribution in [0, 0.1) is 13.8 Å². The molecule has 0 saturated carbocycles. The highest BCUT2D eigenvalue weighted by atomic mass is 16.6. The second kappa shape index (κ2) is 6.01. The van der Waals surface area contributed by atoms with Gasteiger partial charge >= 0.3 is 5.97 Å². The average Bonchev–Trinajstić information content (AvgIpc) is 3.05. The maximum atomic E-state index is 12.4. The summed E-state index contributed by atoms with van der Waals surface area (Å²) in [5.41, 5.74) is 1.96. The molecule has 2 aromatic rings. The van der Waals surface area contributed by atoms with Crippen LogP contribution in [0.25, 0.3) is 0 Å². The van der Waals surface area contributed by atoms with Crippen molar-refractivity contribution >= 4 is 17.5 Å². The minimum atomic E-state index is -0.992. The second-order valence-corrected chi connectivity index (χ2v) is 5.07. The van der Waals surface area contributed by atoms with Gasteiger partial charge in [-0.2, -0.15) is 0 Å². The Morgan fingerprint density at radius 1 is 1.27 bits per heavy atom. The number of H-pyrrole nitrogens is 1. The summed E-state index contributed by atoms with van der Waals surface area (Å²) in [4.78, 5) is 38.7. The molecule has 2 heterocycles. The number of nitrogens with one attached hydrogen (secondary N) is 1. The summed E-state index contributed by atoms with van der Waals surface area (Å²) in [7, 11) is 0. The van der Waals surface area contributed by atoms with Gasteiger partial charge in [0.2, 0.25) is 11.5 Å². The van der Waals surface area contributed by atoms with E-state index in [1.807, 2.05) is 0 Å². The molecule has 6 nitrogen and oxygen atoms in total. The van der Waals surface area contributed by atoms with E-state index >= 15 is 0 Å². The largest absolute Gasteiger partial charge is 0.457 e. The third kappa shape index (κ3) is 2.86. The number of carbonyl (C=O) groups excluding carboxylic acids is 3. The van der Waals surface area contributed by atoms with Crippen molar-refractivity contribution < 1.29 is 23.5 Å². The van der Waals surface area contributed by atoms with Gasteiger partial charge in [-0.05, 0) is 45.4 Å². The van der Waals surface area contributed by atoms with Gasteiger partial charge in [-0.1, -0.05) is 0 Å². The van der Waals surface area contributed by atoms with E-state index in [0.717, 1.165) is 0 Å². The maximum absolute atomic E-state index is 12.4. The quantitative estimate of drug-likeness (QED) is 0.677. The third-order valence-corrected chi connectivity index (χ3v) is 3.41. The summed E-state index contributed by atoms with van der Waals surface area (Å²) in [6.45, 7) is 6.33. The minimum absolute atomic E-state index is 0.0310. The molecule has 0 radical (unpaired) electrons. The van der Waals surface area contributed by atoms with Gasteiger partial charge in [-0.25, -0.2) is 4.79 Å². The fourth-order valence-corrected chi connectivity index (χ4v) is 2.39. The Morgan fingerprint density at radius 3 is 2.45 bits per heavy atom. The minimum Gasteiger partial charge on any atom is -0.457 e. The standard InChI is InChI=1S/C16H17NO5/c1-8-13(10(3)18)9(2)17-14(8)15(19)11(4)22-16(20)12-6-5-7-21-12/h5-7,11,17H,1-4H3/t11-/m0/s1. The van der Waals surface area contributed by atoms with Crippen LogP contribution in [0.4, 0.5) is 0 Å². The van der Waals surface area contributed by atoms with E-state index in [9.17, 15) is 14.4 Å². The molecule has 0 bridgehead atoms. The van der Waals surface area contributed by atoms with Gasteiger partial charge in [0.15, 0.2) is 11.9 Å². The number of hydrogen-bond acceptors (Lipinski definition) is 5. The summed E-state index contributed by atoms with van der Waals surface area (Å²) in [5.74, 6) is -1.19. The Bertz CT molecular complexity index is 724. The van der Waals surface area contributed by atoms with Crippen LogP contribution in [0.3, 0.4) is 0 Å². The first-order valence-electron chi connectivity index (χ1n) is 6.81. The Balaban J connectivity index is 2.19. The number of ketones is 2. The third-order valence-electron chi connectivity index (χ3n) is 3.41. The Hall–Kier alpha value is -2.63. The molecule has 0 aliphatic heterocycles. The maximum Gasteiger partial charge on any atom is 0.374 e. The lowest BCUT2D eigenvalue weighted by atomic mass is 10.0. The van der Waals surface area contributed by atoms with Crippen LogP contribution in [0.15, 0.2) is 22.8 Å². The highest BCUT2D eigenvalue weighted by Crippen LogP contribution is 2.20. The van der Waals surface area contributed by atoms with Crippen molar-refractivity contribution in [1.82, 2.24) is 4.98 Å². The normalized spacial score (nSPS) is 12.0. The number of aromatic nitrogens is 1. The van der Waals surface area contributed by atoms with E-state index < -0.39 is 17.9 Å². The van der Waals surface area contributed by atoms with Crippen molar-refractivity contribution in [1.29, 1.82) is 0 Å². The highest BCUT2D eigenvalue weighted by Gasteiger charge is 2.26. The van der Waals surface area contributed by atoms with Gasteiger partial charge in [0.25, 0.3) is 0 Å². The summed E-state index contributed by atoms with van der Waals surface area (Å²) in [6, 6.07) is 3.01. The van der Waals surface area contributed by atoms with Crippen molar-refractivity contribution in [3.63, 3.8) is 0 Å². The molecule has 116 valence electrons. The molecule has 1 atom stereocenters. The van der Waals surface area contributed by atoms with Crippen LogP contribution in [0.2, 0.25) is 0 Å². The molecule has 0 aromatic carbocycles. The SMILES string of the molecule is CC(=O)c1c(C)[nH]c(C(=O)[C@H](C)OC(=O)c2ccco2)c1C. The van der Waals surface area contributed by atoms with Crippen LogP contribution < -0.4 is 0 Å². The number of rotatable bonds is 5. The molecule has 1 N–H and O–H groups in total. The number of furan rings is 1. The number of hydrogen-bond donors (Lipinski definition) is 1. The van der Waals surface area contributed by atoms with Gasteiger partial charge in [0, 0.05) is 11.3 Å². The molecule has 0 aliphatic rings. The molecule has 0 amide bonds. The summed E-state index contributed by atoms with van der Waals surface area (Å²) < 4.78 is 10.0. The Morgan fingerprint density at radius 2 is 1.95 bits per heavy atom. The molecular weight excluding hydrogens is 286 g/mol. The Labute approximate surface area is 127 Å². The van der Waals surface area contributed by atoms with Crippen LogP contribution in [0.5, 0.6) is 0 Å². The number of aromatic amines is 1. The highest BCUT2D eigenvalue weighted by molar-refractivity contribution is 6.05. The molecule has 2 aromatic heterocycles. The van der Waals surface area contributed by atoms with E-state index in [2.05, 4.69) is 4.98 Å². The molecule has 0 fully saturated rings. The first kappa shape index (κ1) is 15.8. The fraction of sp³-hybridized carbons (Fsp3) is 0.312. The van der Waals surface area contributed by atoms with E-state index in [1.54, 1.807) is 19.9 Å². The molecule has 2 rings (SSSR count). The first-order valence-corrected chi connectivity index (χ1v) is 6.81. The summed E-state index contributed by atoms with van der Waals surface area (Å²) in [5, 5.41) is 0. The molecule has 0 spiro atoms. The molecular formula is C16H17NO5. The van der Waals surface area contributed by atoms with E-state index in [1.165, 1.54) is 26.2 Å². The zero-order valence-corrected chi connectivity index (χ0v) is 12.9. The van der Waals surface area contributed by atoms with Crippen molar-refractivity contribution in [3.05, 3.63) is 46.7 Å². The molecule has 0 aliphatic carbocycles. The lowest BCUT2D eigenvalue weighted by Gasteiger charge is -2.11. The van der Waals surface area contributed by atoms with Crippen molar-refractivity contribution in [2.75, 3.05) is 0 Å². The lowest BCUT2D eigenvalue weighted by molar-refractivity contribution is 0.0287. The lowest BCUT2D eigenvalue weighted by Crippen LogP contribution is -2.25. The van der Waals surface area contributed by atoms with Crippen LogP contribution >= 0.6 is 0 Å². The van der Waals surface area contributed by atoms with Gasteiger partial charge in [-0.3, -0.25) is 9.59 Å². The topological polar surface area (TPSA) is 89.4 Å². The van der Waals surface area contributed by atoms with Gasteiger partial charge in [-0.15, -0.1) is 0 Å². The van der Waals surface area contributed by atoms with Crippen LogP contribution in [-0.4, -0.2) is 28.6 Å². The van der Waals surface area contributed by atoms with E-state index in [0.29, 0.717) is 16.8 Å². The van der Waals surface area contributed by atoms with Gasteiger partial charge in [0.05, 0.1) is 12.0 Å². The molecule has 0 saturated heterocycles. The molecule has 22 heavy (non-hydrogen) atoms. The molecule has 6 heteroatoms. The Kier molecular flexibility index (Phi) is 4.30. The van der Waals surface area contributed by atoms with Gasteiger partial charge in [0.1, 0.15) is 0 Å². The summed E-state index contributed by atoms with van der Waals surface area (Å²) >= 11 is 0. The average molecular weight is 303 g/mol. The van der Waals surface area contributed by atoms with E-state index in [-0.39, 0.29) is 17.2 Å². The van der Waals surface area contributed by atoms with Crippen LogP contribution in [-0.2, 0) is 4.74 Å². The van der Waals surface area contributed by atoms with Crippen molar-refractivity contribution in [2.24, 2.45) is 0 Å². The number of esters is 1. The zero-order valence-electron chi connectivity index (χ0n) is 12.9. The van der Waals surface area contributed by atoms with Crippen molar-refractivity contribution in [2.45, 2.75) is 33.8 Å². The molecule has 0 unspecified atom stereocenters. The fourth-order valence-electron chi connectivity index (χ4n) is 2.39. The zero-order chi connectivity index (χ0) is 16.4. The van der Waals surface area contributed by atoms with Crippen LogP contribution in [0.1, 0.15) is 56.5 Å². The summed E-state index contributed by atoms with van der Waals surface area (Å²) in [6.07, 6.45) is 0.356. The predicted molar refractivity (Wildman–Crippen MR) is 78.2 cm³/mol.